The van der Waals surface area contributed by atoms with E-state index in [1.807, 2.05) is 19.1 Å². The standard InChI is InChI=1S/C17H26O3/c1-3-4-5-6-7-12-19-13-14-20-17(18)16-10-8-15(2)9-11-16/h8-11H,3-7,12-14H2,1-2H3. The van der Waals surface area contributed by atoms with E-state index in [0.717, 1.165) is 18.6 Å². The van der Waals surface area contributed by atoms with Gasteiger partial charge in [0.15, 0.2) is 0 Å². The summed E-state index contributed by atoms with van der Waals surface area (Å²) in [6.45, 7) is 5.75. The van der Waals surface area contributed by atoms with Gasteiger partial charge in [-0.1, -0.05) is 50.3 Å². The van der Waals surface area contributed by atoms with Gasteiger partial charge in [-0.3, -0.25) is 0 Å². The van der Waals surface area contributed by atoms with E-state index in [1.54, 1.807) is 12.1 Å². The molecular formula is C17H26O3. The van der Waals surface area contributed by atoms with E-state index < -0.39 is 0 Å². The number of hydrogen-bond donors (Lipinski definition) is 0. The molecule has 0 aliphatic rings. The minimum atomic E-state index is -0.281. The number of carbonyl (C=O) groups excluding carboxylic acids is 1. The lowest BCUT2D eigenvalue weighted by Crippen LogP contribution is -2.11. The van der Waals surface area contributed by atoms with E-state index in [-0.39, 0.29) is 5.97 Å². The summed E-state index contributed by atoms with van der Waals surface area (Å²) < 4.78 is 10.6. The number of benzene rings is 1. The van der Waals surface area contributed by atoms with Gasteiger partial charge in [0.25, 0.3) is 0 Å². The van der Waals surface area contributed by atoms with Crippen molar-refractivity contribution in [1.29, 1.82) is 0 Å². The lowest BCUT2D eigenvalue weighted by molar-refractivity contribution is 0.0312. The number of carbonyl (C=O) groups is 1. The molecule has 0 aliphatic carbocycles. The largest absolute Gasteiger partial charge is 0.460 e. The normalized spacial score (nSPS) is 10.5. The highest BCUT2D eigenvalue weighted by molar-refractivity contribution is 5.89. The summed E-state index contributed by atoms with van der Waals surface area (Å²) in [6, 6.07) is 7.38. The summed E-state index contributed by atoms with van der Waals surface area (Å²) in [5.41, 5.74) is 1.73. The Labute approximate surface area is 122 Å². The fourth-order valence-electron chi connectivity index (χ4n) is 1.88. The van der Waals surface area contributed by atoms with Crippen LogP contribution in [0, 0.1) is 6.92 Å². The molecule has 0 aliphatic heterocycles. The quantitative estimate of drug-likeness (QED) is 0.476. The molecule has 112 valence electrons. The zero-order valence-electron chi connectivity index (χ0n) is 12.7. The first-order valence-electron chi connectivity index (χ1n) is 7.55. The van der Waals surface area contributed by atoms with Crippen molar-refractivity contribution in [1.82, 2.24) is 0 Å². The van der Waals surface area contributed by atoms with Crippen LogP contribution in [0.2, 0.25) is 0 Å². The van der Waals surface area contributed by atoms with Gasteiger partial charge in [-0.15, -0.1) is 0 Å². The maximum absolute atomic E-state index is 11.7. The molecule has 0 spiro atoms. The average molecular weight is 278 g/mol. The number of hydrogen-bond acceptors (Lipinski definition) is 3. The van der Waals surface area contributed by atoms with Crippen molar-refractivity contribution >= 4 is 5.97 Å². The molecule has 0 aromatic heterocycles. The Morgan fingerprint density at radius 1 is 0.950 bits per heavy atom. The molecule has 0 N–H and O–H groups in total. The molecule has 0 radical (unpaired) electrons. The molecule has 1 aromatic carbocycles. The van der Waals surface area contributed by atoms with E-state index in [2.05, 4.69) is 6.92 Å². The fraction of sp³-hybridized carbons (Fsp3) is 0.588. The zero-order valence-corrected chi connectivity index (χ0v) is 12.7. The van der Waals surface area contributed by atoms with Crippen molar-refractivity contribution in [3.63, 3.8) is 0 Å². The monoisotopic (exact) mass is 278 g/mol. The van der Waals surface area contributed by atoms with E-state index in [0.29, 0.717) is 18.8 Å². The highest BCUT2D eigenvalue weighted by Gasteiger charge is 2.05. The molecule has 3 nitrogen and oxygen atoms in total. The second-order valence-electron chi connectivity index (χ2n) is 5.03. The average Bonchev–Trinajstić information content (AvgIpc) is 2.46. The van der Waals surface area contributed by atoms with E-state index in [1.165, 1.54) is 25.7 Å². The minimum absolute atomic E-state index is 0.281. The molecule has 0 heterocycles. The van der Waals surface area contributed by atoms with Gasteiger partial charge in [-0.05, 0) is 25.5 Å². The van der Waals surface area contributed by atoms with Gasteiger partial charge < -0.3 is 9.47 Å². The maximum Gasteiger partial charge on any atom is 0.338 e. The van der Waals surface area contributed by atoms with Crippen LogP contribution in [0.1, 0.15) is 54.9 Å². The zero-order chi connectivity index (χ0) is 14.6. The lowest BCUT2D eigenvalue weighted by Gasteiger charge is -2.06. The van der Waals surface area contributed by atoms with Crippen LogP contribution in [0.3, 0.4) is 0 Å². The van der Waals surface area contributed by atoms with Crippen LogP contribution in [-0.2, 0) is 9.47 Å². The first-order chi connectivity index (χ1) is 9.74. The first kappa shape index (κ1) is 16.7. The molecule has 0 amide bonds. The first-order valence-corrected chi connectivity index (χ1v) is 7.55. The van der Waals surface area contributed by atoms with Crippen LogP contribution < -0.4 is 0 Å². The number of unbranched alkanes of at least 4 members (excludes halogenated alkanes) is 4. The third-order valence-corrected chi connectivity index (χ3v) is 3.14. The Morgan fingerprint density at radius 2 is 1.65 bits per heavy atom. The molecule has 0 bridgehead atoms. The van der Waals surface area contributed by atoms with Crippen molar-refractivity contribution < 1.29 is 14.3 Å². The Kier molecular flexibility index (Phi) is 8.72. The second kappa shape index (κ2) is 10.4. The van der Waals surface area contributed by atoms with Crippen molar-refractivity contribution in [3.05, 3.63) is 35.4 Å². The highest BCUT2D eigenvalue weighted by Crippen LogP contribution is 2.05. The molecule has 0 saturated heterocycles. The van der Waals surface area contributed by atoms with Crippen LogP contribution in [0.15, 0.2) is 24.3 Å². The number of rotatable bonds is 10. The Bertz CT molecular complexity index is 370. The van der Waals surface area contributed by atoms with Crippen molar-refractivity contribution in [2.45, 2.75) is 46.0 Å². The molecule has 0 fully saturated rings. The van der Waals surface area contributed by atoms with Gasteiger partial charge in [0.2, 0.25) is 0 Å². The summed E-state index contributed by atoms with van der Waals surface area (Å²) in [7, 11) is 0. The Morgan fingerprint density at radius 3 is 2.35 bits per heavy atom. The summed E-state index contributed by atoms with van der Waals surface area (Å²) in [5, 5.41) is 0. The fourth-order valence-corrected chi connectivity index (χ4v) is 1.88. The predicted molar refractivity (Wildman–Crippen MR) is 81.0 cm³/mol. The van der Waals surface area contributed by atoms with Crippen molar-refractivity contribution in [2.24, 2.45) is 0 Å². The van der Waals surface area contributed by atoms with Crippen molar-refractivity contribution in [2.75, 3.05) is 19.8 Å². The molecule has 1 rings (SSSR count). The minimum Gasteiger partial charge on any atom is -0.460 e. The topological polar surface area (TPSA) is 35.5 Å². The molecule has 0 saturated carbocycles. The third-order valence-electron chi connectivity index (χ3n) is 3.14. The Balaban J connectivity index is 2.01. The van der Waals surface area contributed by atoms with Crippen LogP contribution in [0.4, 0.5) is 0 Å². The lowest BCUT2D eigenvalue weighted by atomic mass is 10.1. The molecule has 0 atom stereocenters. The van der Waals surface area contributed by atoms with Gasteiger partial charge >= 0.3 is 5.97 Å². The summed E-state index contributed by atoms with van der Waals surface area (Å²) in [6.07, 6.45) is 6.15. The Hall–Kier alpha value is -1.35. The van der Waals surface area contributed by atoms with Crippen LogP contribution in [0.5, 0.6) is 0 Å². The molecule has 3 heteroatoms. The van der Waals surface area contributed by atoms with Crippen LogP contribution in [-0.4, -0.2) is 25.8 Å². The van der Waals surface area contributed by atoms with Crippen LogP contribution >= 0.6 is 0 Å². The molecule has 1 aromatic rings. The molecular weight excluding hydrogens is 252 g/mol. The maximum atomic E-state index is 11.7. The van der Waals surface area contributed by atoms with Crippen LogP contribution in [0.25, 0.3) is 0 Å². The summed E-state index contributed by atoms with van der Waals surface area (Å²) in [5.74, 6) is -0.281. The number of esters is 1. The number of aryl methyl sites for hydroxylation is 1. The third kappa shape index (κ3) is 7.29. The predicted octanol–water partition coefficient (Wildman–Crippen LogP) is 4.14. The van der Waals surface area contributed by atoms with Gasteiger partial charge in [0.1, 0.15) is 6.61 Å². The highest BCUT2D eigenvalue weighted by atomic mass is 16.6. The SMILES string of the molecule is CCCCCCCOCCOC(=O)c1ccc(C)cc1. The van der Waals surface area contributed by atoms with Gasteiger partial charge in [-0.25, -0.2) is 4.79 Å². The summed E-state index contributed by atoms with van der Waals surface area (Å²) in [4.78, 5) is 11.7. The van der Waals surface area contributed by atoms with E-state index in [9.17, 15) is 4.79 Å². The van der Waals surface area contributed by atoms with Gasteiger partial charge in [-0.2, -0.15) is 0 Å². The summed E-state index contributed by atoms with van der Waals surface area (Å²) >= 11 is 0. The van der Waals surface area contributed by atoms with E-state index >= 15 is 0 Å². The molecule has 20 heavy (non-hydrogen) atoms. The van der Waals surface area contributed by atoms with Crippen molar-refractivity contribution in [3.8, 4) is 0 Å². The molecule has 0 unspecified atom stereocenters. The van der Waals surface area contributed by atoms with Gasteiger partial charge in [0.05, 0.1) is 12.2 Å². The second-order valence-corrected chi connectivity index (χ2v) is 5.03. The smallest absolute Gasteiger partial charge is 0.338 e. The van der Waals surface area contributed by atoms with E-state index in [4.69, 9.17) is 9.47 Å². The van der Waals surface area contributed by atoms with Gasteiger partial charge in [0, 0.05) is 6.61 Å². The number of ether oxygens (including phenoxy) is 2.